The van der Waals surface area contributed by atoms with Gasteiger partial charge in [-0.05, 0) is 19.1 Å². The summed E-state index contributed by atoms with van der Waals surface area (Å²) < 4.78 is 32.3. The van der Waals surface area contributed by atoms with Crippen molar-refractivity contribution in [3.8, 4) is 0 Å². The Kier molecular flexibility index (Phi) is 4.96. The Balaban J connectivity index is 1.82. The van der Waals surface area contributed by atoms with E-state index in [9.17, 15) is 13.2 Å². The van der Waals surface area contributed by atoms with E-state index in [2.05, 4.69) is 0 Å². The molecule has 1 aromatic carbocycles. The molecular weight excluding hydrogens is 336 g/mol. The molecule has 1 atom stereocenters. The van der Waals surface area contributed by atoms with Crippen LogP contribution >= 0.6 is 11.8 Å². The highest BCUT2D eigenvalue weighted by Crippen LogP contribution is 2.29. The second-order valence-electron chi connectivity index (χ2n) is 5.66. The largest absolute Gasteiger partial charge is 0.378 e. The maximum Gasteiger partial charge on any atom is 0.244 e. The van der Waals surface area contributed by atoms with E-state index in [1.54, 1.807) is 29.2 Å². The molecule has 126 valence electrons. The molecule has 2 heterocycles. The van der Waals surface area contributed by atoms with E-state index in [0.29, 0.717) is 37.9 Å². The molecule has 0 N–H and O–H groups in total. The van der Waals surface area contributed by atoms with Crippen LogP contribution in [0.5, 0.6) is 0 Å². The van der Waals surface area contributed by atoms with Gasteiger partial charge in [0.2, 0.25) is 15.9 Å². The van der Waals surface area contributed by atoms with Crippen molar-refractivity contribution in [2.45, 2.75) is 17.9 Å². The number of hydrogen-bond acceptors (Lipinski definition) is 5. The van der Waals surface area contributed by atoms with Gasteiger partial charge in [0.05, 0.1) is 24.0 Å². The Morgan fingerprint density at radius 2 is 1.87 bits per heavy atom. The minimum atomic E-state index is -3.65. The summed E-state index contributed by atoms with van der Waals surface area (Å²) in [5.74, 6) is 0.701. The molecule has 0 spiro atoms. The summed E-state index contributed by atoms with van der Waals surface area (Å²) in [5, 5.41) is 0. The Morgan fingerprint density at radius 3 is 2.52 bits per heavy atom. The molecule has 1 aromatic rings. The average molecular weight is 356 g/mol. The maximum absolute atomic E-state index is 12.9. The van der Waals surface area contributed by atoms with E-state index in [-0.39, 0.29) is 10.8 Å². The molecule has 0 saturated carbocycles. The van der Waals surface area contributed by atoms with E-state index in [4.69, 9.17) is 4.74 Å². The Labute approximate surface area is 140 Å². The number of carbonyl (C=O) groups is 1. The zero-order valence-electron chi connectivity index (χ0n) is 13.0. The molecule has 0 unspecified atom stereocenters. The van der Waals surface area contributed by atoms with Crippen LogP contribution in [0.1, 0.15) is 5.56 Å². The lowest BCUT2D eigenvalue weighted by molar-refractivity contribution is -0.138. The summed E-state index contributed by atoms with van der Waals surface area (Å²) >= 11 is 1.48. The van der Waals surface area contributed by atoms with Crippen LogP contribution in [0, 0.1) is 6.92 Å². The molecule has 0 aromatic heterocycles. The van der Waals surface area contributed by atoms with Crippen LogP contribution in [0.2, 0.25) is 0 Å². The molecule has 1 amide bonds. The van der Waals surface area contributed by atoms with E-state index in [1.165, 1.54) is 16.1 Å². The molecule has 6 nitrogen and oxygen atoms in total. The summed E-state index contributed by atoms with van der Waals surface area (Å²) in [6.07, 6.45) is 0. The Hall–Kier alpha value is -1.09. The average Bonchev–Trinajstić information content (AvgIpc) is 3.06. The Morgan fingerprint density at radius 1 is 1.22 bits per heavy atom. The smallest absolute Gasteiger partial charge is 0.244 e. The van der Waals surface area contributed by atoms with Crippen LogP contribution in [-0.2, 0) is 19.6 Å². The van der Waals surface area contributed by atoms with Gasteiger partial charge in [0.25, 0.3) is 0 Å². The molecule has 8 heteroatoms. The first-order valence-corrected chi connectivity index (χ1v) is 10.1. The SMILES string of the molecule is Cc1ccc(S(=O)(=O)N2CSC[C@@H]2C(=O)N2CCOCC2)cc1. The van der Waals surface area contributed by atoms with Crippen LogP contribution in [0.4, 0.5) is 0 Å². The van der Waals surface area contributed by atoms with Gasteiger partial charge in [-0.15, -0.1) is 11.8 Å². The zero-order chi connectivity index (χ0) is 16.4. The lowest BCUT2D eigenvalue weighted by Crippen LogP contribution is -2.51. The van der Waals surface area contributed by atoms with Crippen molar-refractivity contribution in [1.82, 2.24) is 9.21 Å². The number of benzene rings is 1. The third-order valence-electron chi connectivity index (χ3n) is 4.08. The lowest BCUT2D eigenvalue weighted by Gasteiger charge is -2.31. The van der Waals surface area contributed by atoms with Crippen LogP contribution < -0.4 is 0 Å². The summed E-state index contributed by atoms with van der Waals surface area (Å²) in [6, 6.07) is 6.13. The number of rotatable bonds is 3. The number of amides is 1. The number of carbonyl (C=O) groups excluding carboxylic acids is 1. The molecule has 0 aliphatic carbocycles. The van der Waals surface area contributed by atoms with Gasteiger partial charge < -0.3 is 9.64 Å². The highest BCUT2D eigenvalue weighted by Gasteiger charge is 2.41. The van der Waals surface area contributed by atoms with E-state index >= 15 is 0 Å². The summed E-state index contributed by atoms with van der Waals surface area (Å²) in [7, 11) is -3.65. The minimum Gasteiger partial charge on any atom is -0.378 e. The predicted octanol–water partition coefficient (Wildman–Crippen LogP) is 0.917. The van der Waals surface area contributed by atoms with Crippen molar-refractivity contribution in [2.24, 2.45) is 0 Å². The Bertz CT molecular complexity index is 669. The van der Waals surface area contributed by atoms with Gasteiger partial charge in [0.1, 0.15) is 6.04 Å². The molecule has 2 aliphatic rings. The fraction of sp³-hybridized carbons (Fsp3) is 0.533. The molecule has 2 saturated heterocycles. The molecule has 0 bridgehead atoms. The molecular formula is C15H20N2O4S2. The number of ether oxygens (including phenoxy) is 1. The zero-order valence-corrected chi connectivity index (χ0v) is 14.6. The van der Waals surface area contributed by atoms with Crippen molar-refractivity contribution in [3.05, 3.63) is 29.8 Å². The van der Waals surface area contributed by atoms with Crippen LogP contribution in [0.3, 0.4) is 0 Å². The first-order chi connectivity index (χ1) is 11.0. The highest BCUT2D eigenvalue weighted by molar-refractivity contribution is 8.00. The topological polar surface area (TPSA) is 66.9 Å². The van der Waals surface area contributed by atoms with Gasteiger partial charge in [0, 0.05) is 18.8 Å². The van der Waals surface area contributed by atoms with Gasteiger partial charge in [-0.1, -0.05) is 17.7 Å². The highest BCUT2D eigenvalue weighted by atomic mass is 32.2. The number of nitrogens with zero attached hydrogens (tertiary/aromatic N) is 2. The van der Waals surface area contributed by atoms with Gasteiger partial charge >= 0.3 is 0 Å². The number of hydrogen-bond donors (Lipinski definition) is 0. The van der Waals surface area contributed by atoms with Crippen LogP contribution in [0.25, 0.3) is 0 Å². The second-order valence-corrected chi connectivity index (χ2v) is 8.55. The maximum atomic E-state index is 12.9. The third kappa shape index (κ3) is 3.40. The number of aryl methyl sites for hydroxylation is 1. The lowest BCUT2D eigenvalue weighted by atomic mass is 10.2. The molecule has 2 aliphatic heterocycles. The van der Waals surface area contributed by atoms with Crippen molar-refractivity contribution in [3.63, 3.8) is 0 Å². The normalized spacial score (nSPS) is 23.2. The fourth-order valence-electron chi connectivity index (χ4n) is 2.70. The molecule has 3 rings (SSSR count). The first kappa shape index (κ1) is 16.8. The first-order valence-electron chi connectivity index (χ1n) is 7.53. The molecule has 2 fully saturated rings. The summed E-state index contributed by atoms with van der Waals surface area (Å²) in [4.78, 5) is 14.6. The summed E-state index contributed by atoms with van der Waals surface area (Å²) in [6.45, 7) is 3.98. The fourth-order valence-corrected chi connectivity index (χ4v) is 5.83. The van der Waals surface area contributed by atoms with Gasteiger partial charge in [0.15, 0.2) is 0 Å². The summed E-state index contributed by atoms with van der Waals surface area (Å²) in [5.41, 5.74) is 1.00. The van der Waals surface area contributed by atoms with Crippen molar-refractivity contribution < 1.29 is 17.9 Å². The van der Waals surface area contributed by atoms with Crippen molar-refractivity contribution in [1.29, 1.82) is 0 Å². The standard InChI is InChI=1S/C15H20N2O4S2/c1-12-2-4-13(5-3-12)23(19,20)17-11-22-10-14(17)15(18)16-6-8-21-9-7-16/h2-5,14H,6-11H2,1H3/t14-/m1/s1. The van der Waals surface area contributed by atoms with Gasteiger partial charge in [-0.25, -0.2) is 8.42 Å². The number of sulfonamides is 1. The quantitative estimate of drug-likeness (QED) is 0.806. The molecule has 0 radical (unpaired) electrons. The van der Waals surface area contributed by atoms with Crippen LogP contribution in [-0.4, -0.2) is 67.5 Å². The van der Waals surface area contributed by atoms with Gasteiger partial charge in [-0.3, -0.25) is 4.79 Å². The van der Waals surface area contributed by atoms with Gasteiger partial charge in [-0.2, -0.15) is 4.31 Å². The van der Waals surface area contributed by atoms with E-state index in [0.717, 1.165) is 5.56 Å². The van der Waals surface area contributed by atoms with E-state index < -0.39 is 16.1 Å². The van der Waals surface area contributed by atoms with Crippen molar-refractivity contribution >= 4 is 27.7 Å². The van der Waals surface area contributed by atoms with Crippen LogP contribution in [0.15, 0.2) is 29.2 Å². The van der Waals surface area contributed by atoms with Crippen molar-refractivity contribution in [2.75, 3.05) is 37.9 Å². The monoisotopic (exact) mass is 356 g/mol. The van der Waals surface area contributed by atoms with E-state index in [1.807, 2.05) is 6.92 Å². The third-order valence-corrected chi connectivity index (χ3v) is 7.12. The molecule has 23 heavy (non-hydrogen) atoms. The number of morpholine rings is 1. The second kappa shape index (κ2) is 6.80. The predicted molar refractivity (Wildman–Crippen MR) is 88.7 cm³/mol. The minimum absolute atomic E-state index is 0.117. The number of thioether (sulfide) groups is 1.